The highest BCUT2D eigenvalue weighted by Gasteiger charge is 2.36. The number of carbonyl (C=O) groups excluding carboxylic acids is 2. The second-order valence-electron chi connectivity index (χ2n) is 6.21. The van der Waals surface area contributed by atoms with Crippen LogP contribution < -0.4 is 10.1 Å². The van der Waals surface area contributed by atoms with E-state index >= 15 is 0 Å². The summed E-state index contributed by atoms with van der Waals surface area (Å²) in [5, 5.41) is 7.27. The first-order valence-electron chi connectivity index (χ1n) is 8.43. The first-order chi connectivity index (χ1) is 13.1. The van der Waals surface area contributed by atoms with Gasteiger partial charge < -0.3 is 10.1 Å². The zero-order chi connectivity index (χ0) is 19.0. The van der Waals surface area contributed by atoms with Gasteiger partial charge in [0, 0.05) is 29.9 Å². The van der Waals surface area contributed by atoms with Gasteiger partial charge in [0.15, 0.2) is 5.78 Å². The van der Waals surface area contributed by atoms with Gasteiger partial charge in [-0.15, -0.1) is 0 Å². The molecular weight excluding hydrogens is 346 g/mol. The third-order valence-electron chi connectivity index (χ3n) is 4.51. The molecule has 4 rings (SSSR count). The summed E-state index contributed by atoms with van der Waals surface area (Å²) < 4.78 is 6.67. The number of carbonyl (C=O) groups is 2. The first-order valence-corrected chi connectivity index (χ1v) is 8.43. The molecule has 1 aromatic carbocycles. The zero-order valence-electron chi connectivity index (χ0n) is 14.8. The predicted octanol–water partition coefficient (Wildman–Crippen LogP) is 2.29. The predicted molar refractivity (Wildman–Crippen MR) is 97.2 cm³/mol. The van der Waals surface area contributed by atoms with Crippen LogP contribution in [0.15, 0.2) is 42.7 Å². The topological polar surface area (TPSA) is 99.0 Å². The molecule has 27 heavy (non-hydrogen) atoms. The Kier molecular flexibility index (Phi) is 4.15. The summed E-state index contributed by atoms with van der Waals surface area (Å²) in [7, 11) is 1.55. The number of ether oxygens (including phenoxy) is 1. The van der Waals surface area contributed by atoms with Gasteiger partial charge in [-0.3, -0.25) is 9.59 Å². The van der Waals surface area contributed by atoms with Crippen molar-refractivity contribution >= 4 is 17.5 Å². The molecule has 0 unspecified atom stereocenters. The molecule has 8 heteroatoms. The van der Waals surface area contributed by atoms with E-state index in [9.17, 15) is 9.59 Å². The van der Waals surface area contributed by atoms with Crippen molar-refractivity contribution in [2.45, 2.75) is 19.3 Å². The molecule has 1 aliphatic rings. The number of aryl methyl sites for hydroxylation is 1. The van der Waals surface area contributed by atoms with Gasteiger partial charge in [-0.05, 0) is 25.1 Å². The molecule has 0 spiro atoms. The highest BCUT2D eigenvalue weighted by molar-refractivity contribution is 6.08. The van der Waals surface area contributed by atoms with E-state index in [4.69, 9.17) is 4.74 Å². The van der Waals surface area contributed by atoms with Crippen LogP contribution in [0.25, 0.3) is 5.95 Å². The Morgan fingerprint density at radius 3 is 2.78 bits per heavy atom. The monoisotopic (exact) mass is 363 g/mol. The number of methoxy groups -OCH3 is 1. The van der Waals surface area contributed by atoms with Crippen molar-refractivity contribution in [1.82, 2.24) is 19.7 Å². The molecule has 1 N–H and O–H groups in total. The third kappa shape index (κ3) is 2.95. The van der Waals surface area contributed by atoms with Crippen LogP contribution in [0.5, 0.6) is 5.75 Å². The number of Topliss-reactive ketones (excluding diaryl/α,β-unsaturated/α-hetero) is 1. The maximum Gasteiger partial charge on any atom is 0.252 e. The molecule has 0 bridgehead atoms. The molecule has 3 heterocycles. The van der Waals surface area contributed by atoms with E-state index in [1.165, 1.54) is 4.68 Å². The minimum atomic E-state index is -0.627. The number of nitrogens with one attached hydrogen (secondary N) is 1. The minimum absolute atomic E-state index is 0.0607. The minimum Gasteiger partial charge on any atom is -0.497 e. The lowest BCUT2D eigenvalue weighted by Crippen LogP contribution is -2.28. The highest BCUT2D eigenvalue weighted by Crippen LogP contribution is 2.38. The summed E-state index contributed by atoms with van der Waals surface area (Å²) in [6.07, 6.45) is 3.25. The molecule has 136 valence electrons. The maximum absolute atomic E-state index is 13.2. The Morgan fingerprint density at radius 1 is 1.26 bits per heavy atom. The molecule has 0 saturated carbocycles. The molecule has 8 nitrogen and oxygen atoms in total. The lowest BCUT2D eigenvalue weighted by molar-refractivity contribution is -0.116. The molecular formula is C19H17N5O3. The zero-order valence-corrected chi connectivity index (χ0v) is 14.8. The average molecular weight is 363 g/mol. The van der Waals surface area contributed by atoms with Crippen LogP contribution in [0.1, 0.15) is 34.0 Å². The Hall–Kier alpha value is -3.55. The number of benzene rings is 1. The maximum atomic E-state index is 13.2. The standard InChI is InChI=1S/C19H17N5O3/c1-11-16-14(17(26)12-5-3-6-13(9-12)27-2)10-15(25)22-18(16)24(23-11)19-20-7-4-8-21-19/h3-9,14H,10H2,1-2H3,(H,22,25)/t14-/m0/s1. The number of amides is 1. The van der Waals surface area contributed by atoms with E-state index in [-0.39, 0.29) is 18.1 Å². The fourth-order valence-electron chi connectivity index (χ4n) is 3.29. The summed E-state index contributed by atoms with van der Waals surface area (Å²) in [6.45, 7) is 1.81. The van der Waals surface area contributed by atoms with Crippen LogP contribution in [0, 0.1) is 6.92 Å². The molecule has 3 aromatic rings. The highest BCUT2D eigenvalue weighted by atomic mass is 16.5. The fourth-order valence-corrected chi connectivity index (χ4v) is 3.29. The molecule has 2 aromatic heterocycles. The van der Waals surface area contributed by atoms with Gasteiger partial charge in [0.2, 0.25) is 5.91 Å². The number of fused-ring (bicyclic) bond motifs is 1. The largest absolute Gasteiger partial charge is 0.497 e. The van der Waals surface area contributed by atoms with Crippen LogP contribution >= 0.6 is 0 Å². The van der Waals surface area contributed by atoms with Gasteiger partial charge in [0.25, 0.3) is 5.95 Å². The third-order valence-corrected chi connectivity index (χ3v) is 4.51. The number of aromatic nitrogens is 4. The lowest BCUT2D eigenvalue weighted by atomic mass is 9.85. The van der Waals surface area contributed by atoms with Crippen molar-refractivity contribution in [2.24, 2.45) is 0 Å². The molecule has 1 aliphatic heterocycles. The van der Waals surface area contributed by atoms with Gasteiger partial charge in [-0.25, -0.2) is 9.97 Å². The lowest BCUT2D eigenvalue weighted by Gasteiger charge is -2.23. The van der Waals surface area contributed by atoms with E-state index in [2.05, 4.69) is 20.4 Å². The average Bonchev–Trinajstić information content (AvgIpc) is 3.04. The van der Waals surface area contributed by atoms with Crippen molar-refractivity contribution in [3.63, 3.8) is 0 Å². The quantitative estimate of drug-likeness (QED) is 0.714. The van der Waals surface area contributed by atoms with Crippen molar-refractivity contribution in [3.05, 3.63) is 59.5 Å². The SMILES string of the molecule is COc1cccc(C(=O)[C@H]2CC(=O)Nc3c2c(C)nn3-c2ncccn2)c1. The van der Waals surface area contributed by atoms with E-state index in [0.717, 1.165) is 0 Å². The van der Waals surface area contributed by atoms with E-state index in [0.29, 0.717) is 34.3 Å². The van der Waals surface area contributed by atoms with Gasteiger partial charge in [-0.1, -0.05) is 12.1 Å². The van der Waals surface area contributed by atoms with Gasteiger partial charge in [-0.2, -0.15) is 9.78 Å². The fraction of sp³-hybridized carbons (Fsp3) is 0.211. The number of anilines is 1. The molecule has 0 fully saturated rings. The van der Waals surface area contributed by atoms with Crippen molar-refractivity contribution < 1.29 is 14.3 Å². The summed E-state index contributed by atoms with van der Waals surface area (Å²) in [4.78, 5) is 33.9. The summed E-state index contributed by atoms with van der Waals surface area (Å²) >= 11 is 0. The number of hydrogen-bond acceptors (Lipinski definition) is 6. The Balaban J connectivity index is 1.80. The Labute approximate surface area is 155 Å². The molecule has 1 amide bonds. The van der Waals surface area contributed by atoms with Gasteiger partial charge >= 0.3 is 0 Å². The Morgan fingerprint density at radius 2 is 2.04 bits per heavy atom. The number of rotatable bonds is 4. The van der Waals surface area contributed by atoms with Crippen LogP contribution in [-0.2, 0) is 4.79 Å². The second kappa shape index (κ2) is 6.64. The normalized spacial score (nSPS) is 15.8. The van der Waals surface area contributed by atoms with Gasteiger partial charge in [0.05, 0.1) is 18.7 Å². The number of ketones is 1. The van der Waals surface area contributed by atoms with Gasteiger partial charge in [0.1, 0.15) is 11.6 Å². The van der Waals surface area contributed by atoms with E-state index in [1.54, 1.807) is 49.8 Å². The second-order valence-corrected chi connectivity index (χ2v) is 6.21. The van der Waals surface area contributed by atoms with E-state index in [1.807, 2.05) is 6.92 Å². The van der Waals surface area contributed by atoms with Crippen molar-refractivity contribution in [2.75, 3.05) is 12.4 Å². The number of nitrogens with zero attached hydrogens (tertiary/aromatic N) is 4. The molecule has 1 atom stereocenters. The van der Waals surface area contributed by atoms with Crippen molar-refractivity contribution in [1.29, 1.82) is 0 Å². The summed E-state index contributed by atoms with van der Waals surface area (Å²) in [6, 6.07) is 8.61. The smallest absolute Gasteiger partial charge is 0.252 e. The summed E-state index contributed by atoms with van der Waals surface area (Å²) in [5.74, 6) is 0.333. The number of hydrogen-bond donors (Lipinski definition) is 1. The Bertz CT molecular complexity index is 1030. The molecule has 0 radical (unpaired) electrons. The van der Waals surface area contributed by atoms with Crippen LogP contribution in [-0.4, -0.2) is 38.5 Å². The van der Waals surface area contributed by atoms with E-state index < -0.39 is 5.92 Å². The van der Waals surface area contributed by atoms with Crippen LogP contribution in [0.3, 0.4) is 0 Å². The summed E-state index contributed by atoms with van der Waals surface area (Å²) in [5.41, 5.74) is 1.83. The van der Waals surface area contributed by atoms with Crippen molar-refractivity contribution in [3.8, 4) is 11.7 Å². The molecule has 0 saturated heterocycles. The molecule has 0 aliphatic carbocycles. The first kappa shape index (κ1) is 16.9. The van der Waals surface area contributed by atoms with Crippen LogP contribution in [0.4, 0.5) is 5.82 Å². The van der Waals surface area contributed by atoms with Crippen LogP contribution in [0.2, 0.25) is 0 Å².